The van der Waals surface area contributed by atoms with Crippen molar-refractivity contribution in [3.8, 4) is 11.5 Å². The second kappa shape index (κ2) is 4.81. The van der Waals surface area contributed by atoms with Gasteiger partial charge in [-0.1, -0.05) is 12.1 Å². The highest BCUT2D eigenvalue weighted by Gasteiger charge is 2.07. The minimum atomic E-state index is -0.259. The van der Waals surface area contributed by atoms with E-state index < -0.39 is 0 Å². The van der Waals surface area contributed by atoms with Crippen LogP contribution in [-0.4, -0.2) is 15.2 Å². The van der Waals surface area contributed by atoms with Crippen molar-refractivity contribution in [2.75, 3.05) is 0 Å². The molecule has 4 heteroatoms. The Hall–Kier alpha value is -2.62. The molecule has 3 nitrogen and oxygen atoms in total. The van der Waals surface area contributed by atoms with Gasteiger partial charge < -0.3 is 10.2 Å². The number of rotatable bonds is 2. The van der Waals surface area contributed by atoms with Gasteiger partial charge in [0, 0.05) is 11.6 Å². The summed E-state index contributed by atoms with van der Waals surface area (Å²) in [5, 5.41) is 19.9. The number of phenolic OH excluding ortho intramolecular Hbond substituents is 2. The maximum absolute atomic E-state index is 12.9. The molecule has 2 N–H and O–H groups in total. The maximum Gasteiger partial charge on any atom is 0.184 e. The van der Waals surface area contributed by atoms with Gasteiger partial charge in [-0.3, -0.25) is 4.98 Å². The second-order valence-corrected chi connectivity index (χ2v) is 4.65. The monoisotopic (exact) mass is 269 g/mol. The van der Waals surface area contributed by atoms with Gasteiger partial charge in [0.25, 0.3) is 0 Å². The smallest absolute Gasteiger partial charge is 0.184 e. The van der Waals surface area contributed by atoms with Crippen LogP contribution in [0.15, 0.2) is 48.7 Å². The fraction of sp³-hybridized carbons (Fsp3) is 0.0625. The Morgan fingerprint density at radius 3 is 2.45 bits per heavy atom. The van der Waals surface area contributed by atoms with Crippen LogP contribution in [0, 0.1) is 5.82 Å². The van der Waals surface area contributed by atoms with Crippen molar-refractivity contribution in [2.45, 2.75) is 6.42 Å². The number of nitrogens with zero attached hydrogens (tertiary/aromatic N) is 1. The minimum Gasteiger partial charge on any atom is -0.504 e. The van der Waals surface area contributed by atoms with Gasteiger partial charge in [-0.2, -0.15) is 0 Å². The van der Waals surface area contributed by atoms with Gasteiger partial charge in [-0.25, -0.2) is 4.39 Å². The Bertz CT molecular complexity index is 769. The summed E-state index contributed by atoms with van der Waals surface area (Å²) in [6.45, 7) is 0. The van der Waals surface area contributed by atoms with E-state index in [4.69, 9.17) is 0 Å². The molecule has 1 heterocycles. The molecule has 0 aliphatic rings. The molecule has 0 bridgehead atoms. The van der Waals surface area contributed by atoms with E-state index in [9.17, 15) is 14.6 Å². The van der Waals surface area contributed by atoms with Crippen molar-refractivity contribution in [1.29, 1.82) is 0 Å². The highest BCUT2D eigenvalue weighted by atomic mass is 19.1. The zero-order valence-electron chi connectivity index (χ0n) is 10.5. The lowest BCUT2D eigenvalue weighted by atomic mass is 10.0. The first kappa shape index (κ1) is 12.4. The minimum absolute atomic E-state index is 0.184. The Morgan fingerprint density at radius 1 is 0.950 bits per heavy atom. The summed E-state index contributed by atoms with van der Waals surface area (Å²) in [6.07, 6.45) is 2.27. The number of aromatic nitrogens is 1. The predicted octanol–water partition coefficient (Wildman–Crippen LogP) is 3.38. The highest BCUT2D eigenvalue weighted by molar-refractivity contribution is 5.86. The third kappa shape index (κ3) is 2.28. The van der Waals surface area contributed by atoms with Crippen LogP contribution < -0.4 is 0 Å². The van der Waals surface area contributed by atoms with E-state index in [1.165, 1.54) is 18.2 Å². The maximum atomic E-state index is 12.9. The third-order valence-electron chi connectivity index (χ3n) is 3.18. The first-order chi connectivity index (χ1) is 9.63. The van der Waals surface area contributed by atoms with E-state index in [-0.39, 0.29) is 17.3 Å². The largest absolute Gasteiger partial charge is 0.504 e. The van der Waals surface area contributed by atoms with Gasteiger partial charge in [0.1, 0.15) is 11.3 Å². The van der Waals surface area contributed by atoms with Crippen LogP contribution in [0.3, 0.4) is 0 Å². The zero-order valence-corrected chi connectivity index (χ0v) is 10.5. The molecule has 100 valence electrons. The van der Waals surface area contributed by atoms with E-state index in [0.717, 1.165) is 16.5 Å². The molecule has 3 aromatic rings. The summed E-state index contributed by atoms with van der Waals surface area (Å²) < 4.78 is 12.9. The van der Waals surface area contributed by atoms with Crippen molar-refractivity contribution in [1.82, 2.24) is 4.98 Å². The van der Waals surface area contributed by atoms with Crippen LogP contribution in [0.25, 0.3) is 10.9 Å². The molecule has 0 aliphatic carbocycles. The Morgan fingerprint density at radius 2 is 1.70 bits per heavy atom. The average Bonchev–Trinajstić information content (AvgIpc) is 2.46. The van der Waals surface area contributed by atoms with Gasteiger partial charge in [0.2, 0.25) is 0 Å². The number of aromatic hydroxyl groups is 2. The fourth-order valence-corrected chi connectivity index (χ4v) is 2.16. The van der Waals surface area contributed by atoms with Gasteiger partial charge in [-0.15, -0.1) is 0 Å². The van der Waals surface area contributed by atoms with Crippen molar-refractivity contribution in [3.63, 3.8) is 0 Å². The van der Waals surface area contributed by atoms with Crippen LogP contribution >= 0.6 is 0 Å². The molecule has 0 spiro atoms. The van der Waals surface area contributed by atoms with E-state index in [0.29, 0.717) is 11.9 Å². The van der Waals surface area contributed by atoms with E-state index in [1.54, 1.807) is 24.4 Å². The number of pyridine rings is 1. The molecule has 3 rings (SSSR count). The highest BCUT2D eigenvalue weighted by Crippen LogP contribution is 2.32. The lowest BCUT2D eigenvalue weighted by molar-refractivity contribution is 0.407. The molecule has 1 aromatic heterocycles. The summed E-state index contributed by atoms with van der Waals surface area (Å²) in [7, 11) is 0. The topological polar surface area (TPSA) is 53.4 Å². The van der Waals surface area contributed by atoms with Gasteiger partial charge >= 0.3 is 0 Å². The predicted molar refractivity (Wildman–Crippen MR) is 74.3 cm³/mol. The summed E-state index contributed by atoms with van der Waals surface area (Å²) in [5.74, 6) is -0.655. The standard InChI is InChI=1S/C16H12FNO2/c17-13-4-1-10(2-5-13)7-11-8-12-3-6-14(19)16(20)15(12)18-9-11/h1-6,8-9,19-20H,7H2. The summed E-state index contributed by atoms with van der Waals surface area (Å²) in [6, 6.07) is 11.3. The summed E-state index contributed by atoms with van der Waals surface area (Å²) >= 11 is 0. The van der Waals surface area contributed by atoms with E-state index >= 15 is 0 Å². The third-order valence-corrected chi connectivity index (χ3v) is 3.18. The quantitative estimate of drug-likeness (QED) is 0.701. The molecular weight excluding hydrogens is 257 g/mol. The molecule has 0 aliphatic heterocycles. The zero-order chi connectivity index (χ0) is 14.1. The van der Waals surface area contributed by atoms with Crippen LogP contribution in [0.1, 0.15) is 11.1 Å². The molecule has 0 atom stereocenters. The molecule has 0 unspecified atom stereocenters. The number of phenols is 2. The lowest BCUT2D eigenvalue weighted by Crippen LogP contribution is -1.91. The fourth-order valence-electron chi connectivity index (χ4n) is 2.16. The number of hydrogen-bond acceptors (Lipinski definition) is 3. The number of halogens is 1. The summed E-state index contributed by atoms with van der Waals surface area (Å²) in [5.41, 5.74) is 2.30. The van der Waals surface area contributed by atoms with Crippen LogP contribution in [0.5, 0.6) is 11.5 Å². The van der Waals surface area contributed by atoms with Gasteiger partial charge in [0.05, 0.1) is 0 Å². The molecule has 0 radical (unpaired) electrons. The number of fused-ring (bicyclic) bond motifs is 1. The SMILES string of the molecule is Oc1ccc2cc(Cc3ccc(F)cc3)cnc2c1O. The van der Waals surface area contributed by atoms with E-state index in [1.807, 2.05) is 6.07 Å². The second-order valence-electron chi connectivity index (χ2n) is 4.65. The van der Waals surface area contributed by atoms with Crippen molar-refractivity contribution < 1.29 is 14.6 Å². The van der Waals surface area contributed by atoms with E-state index in [2.05, 4.69) is 4.98 Å². The molecule has 0 saturated heterocycles. The Labute approximate surface area is 115 Å². The molecule has 20 heavy (non-hydrogen) atoms. The average molecular weight is 269 g/mol. The van der Waals surface area contributed by atoms with Gasteiger partial charge in [0.15, 0.2) is 11.5 Å². The normalized spacial score (nSPS) is 10.8. The lowest BCUT2D eigenvalue weighted by Gasteiger charge is -2.06. The number of benzene rings is 2. The molecular formula is C16H12FNO2. The molecule has 0 fully saturated rings. The molecule has 0 saturated carbocycles. The van der Waals surface area contributed by atoms with Crippen molar-refractivity contribution in [3.05, 3.63) is 65.6 Å². The first-order valence-electron chi connectivity index (χ1n) is 6.17. The van der Waals surface area contributed by atoms with Crippen LogP contribution in [0.2, 0.25) is 0 Å². The molecule has 2 aromatic carbocycles. The Kier molecular flexibility index (Phi) is 2.99. The van der Waals surface area contributed by atoms with Crippen molar-refractivity contribution >= 4 is 10.9 Å². The van der Waals surface area contributed by atoms with Crippen LogP contribution in [0.4, 0.5) is 4.39 Å². The summed E-state index contributed by atoms with van der Waals surface area (Å²) in [4.78, 5) is 4.17. The van der Waals surface area contributed by atoms with Gasteiger partial charge in [-0.05, 0) is 47.9 Å². The Balaban J connectivity index is 1.97. The first-order valence-corrected chi connectivity index (χ1v) is 6.17. The number of hydrogen-bond donors (Lipinski definition) is 2. The van der Waals surface area contributed by atoms with Crippen molar-refractivity contribution in [2.24, 2.45) is 0 Å². The molecule has 0 amide bonds. The van der Waals surface area contributed by atoms with Crippen LogP contribution in [-0.2, 0) is 6.42 Å².